The van der Waals surface area contributed by atoms with E-state index in [2.05, 4.69) is 4.90 Å². The standard InChI is InChI=1S/C26H35NO4S/c1-3-30-25(29)26(2,32-24-13-9-22(20-28)10-14-24)19-21-7-11-23(12-8-21)31-18-17-27-15-5-4-6-16-27/h7-14,28H,3-6,15-20H2,1-2H3. The van der Waals surface area contributed by atoms with Gasteiger partial charge in [0.15, 0.2) is 0 Å². The molecule has 1 saturated heterocycles. The molecule has 1 heterocycles. The van der Waals surface area contributed by atoms with E-state index in [0.29, 0.717) is 19.6 Å². The Kier molecular flexibility index (Phi) is 9.45. The lowest BCUT2D eigenvalue weighted by Gasteiger charge is -2.27. The van der Waals surface area contributed by atoms with Gasteiger partial charge in [-0.2, -0.15) is 0 Å². The predicted octanol–water partition coefficient (Wildman–Crippen LogP) is 4.70. The highest BCUT2D eigenvalue weighted by molar-refractivity contribution is 8.01. The van der Waals surface area contributed by atoms with E-state index in [-0.39, 0.29) is 12.6 Å². The molecule has 1 N–H and O–H groups in total. The number of carbonyl (C=O) groups is 1. The largest absolute Gasteiger partial charge is 0.492 e. The summed E-state index contributed by atoms with van der Waals surface area (Å²) < 4.78 is 10.6. The van der Waals surface area contributed by atoms with Crippen LogP contribution in [-0.4, -0.2) is 53.6 Å². The molecule has 2 aromatic rings. The molecule has 0 aliphatic carbocycles. The summed E-state index contributed by atoms with van der Waals surface area (Å²) in [5.41, 5.74) is 1.91. The zero-order valence-electron chi connectivity index (χ0n) is 19.2. The molecule has 0 bridgehead atoms. The molecule has 1 aliphatic heterocycles. The average molecular weight is 458 g/mol. The van der Waals surface area contributed by atoms with E-state index < -0.39 is 4.75 Å². The SMILES string of the molecule is CCOC(=O)C(C)(Cc1ccc(OCCN2CCCCC2)cc1)Sc1ccc(CO)cc1. The van der Waals surface area contributed by atoms with Crippen LogP contribution in [0.2, 0.25) is 0 Å². The summed E-state index contributed by atoms with van der Waals surface area (Å²) in [5, 5.41) is 9.26. The minimum atomic E-state index is -0.757. The third kappa shape index (κ3) is 7.26. The molecule has 0 radical (unpaired) electrons. The predicted molar refractivity (Wildman–Crippen MR) is 129 cm³/mol. The molecule has 2 aromatic carbocycles. The van der Waals surface area contributed by atoms with Gasteiger partial charge in [0.05, 0.1) is 13.2 Å². The van der Waals surface area contributed by atoms with Crippen molar-refractivity contribution in [2.45, 2.75) is 55.8 Å². The number of aliphatic hydroxyl groups is 1. The minimum Gasteiger partial charge on any atom is -0.492 e. The first-order valence-electron chi connectivity index (χ1n) is 11.5. The number of rotatable bonds is 11. The number of esters is 1. The first-order chi connectivity index (χ1) is 15.5. The monoisotopic (exact) mass is 457 g/mol. The molecule has 1 atom stereocenters. The maximum Gasteiger partial charge on any atom is 0.322 e. The van der Waals surface area contributed by atoms with Crippen LogP contribution in [0.5, 0.6) is 5.75 Å². The average Bonchev–Trinajstić information content (AvgIpc) is 2.81. The fourth-order valence-electron chi connectivity index (χ4n) is 3.93. The Bertz CT molecular complexity index is 834. The second kappa shape index (κ2) is 12.3. The maximum absolute atomic E-state index is 12.8. The van der Waals surface area contributed by atoms with Crippen LogP contribution in [0, 0.1) is 0 Å². The van der Waals surface area contributed by atoms with E-state index in [1.54, 1.807) is 0 Å². The van der Waals surface area contributed by atoms with Gasteiger partial charge in [-0.1, -0.05) is 30.7 Å². The molecule has 0 saturated carbocycles. The van der Waals surface area contributed by atoms with Gasteiger partial charge in [0.2, 0.25) is 0 Å². The van der Waals surface area contributed by atoms with E-state index in [1.807, 2.05) is 62.4 Å². The number of ether oxygens (including phenoxy) is 2. The number of likely N-dealkylation sites (tertiary alicyclic amines) is 1. The fraction of sp³-hybridized carbons (Fsp3) is 0.500. The van der Waals surface area contributed by atoms with Gasteiger partial charge in [-0.05, 0) is 81.6 Å². The molecule has 1 aliphatic rings. The Balaban J connectivity index is 1.61. The van der Waals surface area contributed by atoms with Gasteiger partial charge in [0.25, 0.3) is 0 Å². The summed E-state index contributed by atoms with van der Waals surface area (Å²) in [6.45, 7) is 8.13. The number of aliphatic hydroxyl groups excluding tert-OH is 1. The van der Waals surface area contributed by atoms with E-state index in [1.165, 1.54) is 44.1 Å². The van der Waals surface area contributed by atoms with Crippen LogP contribution >= 0.6 is 11.8 Å². The summed E-state index contributed by atoms with van der Waals surface area (Å²) in [4.78, 5) is 16.3. The van der Waals surface area contributed by atoms with E-state index in [0.717, 1.165) is 28.3 Å². The van der Waals surface area contributed by atoms with Crippen molar-refractivity contribution in [1.29, 1.82) is 0 Å². The molecule has 1 fully saturated rings. The van der Waals surface area contributed by atoms with Crippen LogP contribution in [0.4, 0.5) is 0 Å². The number of piperidine rings is 1. The molecule has 3 rings (SSSR count). The number of hydrogen-bond donors (Lipinski definition) is 1. The van der Waals surface area contributed by atoms with Gasteiger partial charge in [-0.3, -0.25) is 9.69 Å². The summed E-state index contributed by atoms with van der Waals surface area (Å²) >= 11 is 1.49. The second-order valence-corrected chi connectivity index (χ2v) is 10.0. The summed E-state index contributed by atoms with van der Waals surface area (Å²) in [6, 6.07) is 15.7. The number of carbonyl (C=O) groups excluding carboxylic acids is 1. The Morgan fingerprint density at radius 3 is 2.31 bits per heavy atom. The topological polar surface area (TPSA) is 59.0 Å². The number of benzene rings is 2. The van der Waals surface area contributed by atoms with E-state index in [9.17, 15) is 9.90 Å². The van der Waals surface area contributed by atoms with Crippen molar-refractivity contribution in [1.82, 2.24) is 4.90 Å². The first-order valence-corrected chi connectivity index (χ1v) is 12.3. The Labute approximate surface area is 196 Å². The van der Waals surface area contributed by atoms with Crippen molar-refractivity contribution < 1.29 is 19.4 Å². The molecule has 1 unspecified atom stereocenters. The second-order valence-electron chi connectivity index (χ2n) is 8.43. The smallest absolute Gasteiger partial charge is 0.322 e. The van der Waals surface area contributed by atoms with Crippen LogP contribution in [0.3, 0.4) is 0 Å². The fourth-order valence-corrected chi connectivity index (χ4v) is 5.10. The first kappa shape index (κ1) is 24.6. The van der Waals surface area contributed by atoms with E-state index in [4.69, 9.17) is 9.47 Å². The molecule has 5 nitrogen and oxygen atoms in total. The van der Waals surface area contributed by atoms with Gasteiger partial charge >= 0.3 is 5.97 Å². The number of hydrogen-bond acceptors (Lipinski definition) is 6. The van der Waals surface area contributed by atoms with Crippen LogP contribution < -0.4 is 4.74 Å². The third-order valence-electron chi connectivity index (χ3n) is 5.75. The van der Waals surface area contributed by atoms with Crippen LogP contribution in [0.1, 0.15) is 44.2 Å². The highest BCUT2D eigenvalue weighted by Crippen LogP contribution is 2.37. The van der Waals surface area contributed by atoms with Crippen LogP contribution in [0.25, 0.3) is 0 Å². The normalized spacial score (nSPS) is 16.3. The minimum absolute atomic E-state index is 0.00649. The summed E-state index contributed by atoms with van der Waals surface area (Å²) in [7, 11) is 0. The highest BCUT2D eigenvalue weighted by atomic mass is 32.2. The van der Waals surface area contributed by atoms with Gasteiger partial charge in [-0.25, -0.2) is 0 Å². The molecule has 174 valence electrons. The molecular formula is C26H35NO4S. The van der Waals surface area contributed by atoms with Gasteiger partial charge in [0, 0.05) is 11.4 Å². The van der Waals surface area contributed by atoms with Gasteiger partial charge in [-0.15, -0.1) is 11.8 Å². The highest BCUT2D eigenvalue weighted by Gasteiger charge is 2.36. The zero-order chi connectivity index (χ0) is 22.8. The summed E-state index contributed by atoms with van der Waals surface area (Å²) in [5.74, 6) is 0.633. The van der Waals surface area contributed by atoms with Gasteiger partial charge in [0.1, 0.15) is 17.1 Å². The molecule has 32 heavy (non-hydrogen) atoms. The van der Waals surface area contributed by atoms with Crippen molar-refractivity contribution in [3.63, 3.8) is 0 Å². The lowest BCUT2D eigenvalue weighted by Crippen LogP contribution is -2.36. The summed E-state index contributed by atoms with van der Waals surface area (Å²) in [6.07, 6.45) is 4.47. The Hall–Kier alpha value is -2.02. The Morgan fingerprint density at radius 1 is 1.03 bits per heavy atom. The number of thioether (sulfide) groups is 1. The zero-order valence-corrected chi connectivity index (χ0v) is 20.0. The van der Waals surface area contributed by atoms with Crippen molar-refractivity contribution >= 4 is 17.7 Å². The molecule has 6 heteroatoms. The van der Waals surface area contributed by atoms with Crippen molar-refractivity contribution in [2.24, 2.45) is 0 Å². The van der Waals surface area contributed by atoms with Crippen LogP contribution in [-0.2, 0) is 22.6 Å². The lowest BCUT2D eigenvalue weighted by atomic mass is 10.00. The molecule has 0 spiro atoms. The maximum atomic E-state index is 12.8. The third-order valence-corrected chi connectivity index (χ3v) is 7.02. The number of nitrogens with zero attached hydrogens (tertiary/aromatic N) is 1. The van der Waals surface area contributed by atoms with Crippen molar-refractivity contribution in [2.75, 3.05) is 32.8 Å². The molecular weight excluding hydrogens is 422 g/mol. The quantitative estimate of drug-likeness (QED) is 0.390. The molecule has 0 amide bonds. The van der Waals surface area contributed by atoms with Crippen LogP contribution in [0.15, 0.2) is 53.4 Å². The molecule has 0 aromatic heterocycles. The van der Waals surface area contributed by atoms with Crippen molar-refractivity contribution in [3.05, 3.63) is 59.7 Å². The lowest BCUT2D eigenvalue weighted by molar-refractivity contribution is -0.145. The Morgan fingerprint density at radius 2 is 1.69 bits per heavy atom. The van der Waals surface area contributed by atoms with Gasteiger partial charge < -0.3 is 14.6 Å². The van der Waals surface area contributed by atoms with E-state index >= 15 is 0 Å². The van der Waals surface area contributed by atoms with Crippen molar-refractivity contribution in [3.8, 4) is 5.75 Å².